The van der Waals surface area contributed by atoms with Crippen LogP contribution in [0.15, 0.2) is 28.7 Å². The van der Waals surface area contributed by atoms with Gasteiger partial charge in [-0.3, -0.25) is 4.79 Å². The SMILES string of the molecule is COC(=O)CCCOCc1ccc(Br)cc1. The van der Waals surface area contributed by atoms with E-state index in [1.807, 2.05) is 24.3 Å². The van der Waals surface area contributed by atoms with Crippen molar-refractivity contribution in [3.63, 3.8) is 0 Å². The number of methoxy groups -OCH3 is 1. The first-order chi connectivity index (χ1) is 7.72. The first kappa shape index (κ1) is 13.2. The van der Waals surface area contributed by atoms with Gasteiger partial charge in [-0.2, -0.15) is 0 Å². The van der Waals surface area contributed by atoms with Gasteiger partial charge in [0.05, 0.1) is 13.7 Å². The van der Waals surface area contributed by atoms with Crippen molar-refractivity contribution in [2.45, 2.75) is 19.4 Å². The summed E-state index contributed by atoms with van der Waals surface area (Å²) in [4.78, 5) is 10.8. The van der Waals surface area contributed by atoms with Gasteiger partial charge in [-0.15, -0.1) is 0 Å². The maximum absolute atomic E-state index is 10.8. The van der Waals surface area contributed by atoms with Crippen LogP contribution in [0.3, 0.4) is 0 Å². The van der Waals surface area contributed by atoms with E-state index in [9.17, 15) is 4.79 Å². The van der Waals surface area contributed by atoms with Crippen molar-refractivity contribution < 1.29 is 14.3 Å². The molecule has 0 spiro atoms. The van der Waals surface area contributed by atoms with Crippen molar-refractivity contribution in [3.8, 4) is 0 Å². The Morgan fingerprint density at radius 1 is 1.31 bits per heavy atom. The van der Waals surface area contributed by atoms with E-state index in [1.54, 1.807) is 0 Å². The summed E-state index contributed by atoms with van der Waals surface area (Å²) in [5.41, 5.74) is 1.13. The Labute approximate surface area is 104 Å². The molecule has 88 valence electrons. The van der Waals surface area contributed by atoms with Crippen molar-refractivity contribution >= 4 is 21.9 Å². The van der Waals surface area contributed by atoms with Crippen molar-refractivity contribution in [2.24, 2.45) is 0 Å². The summed E-state index contributed by atoms with van der Waals surface area (Å²) in [7, 11) is 1.39. The monoisotopic (exact) mass is 286 g/mol. The van der Waals surface area contributed by atoms with Crippen molar-refractivity contribution in [2.75, 3.05) is 13.7 Å². The van der Waals surface area contributed by atoms with Gasteiger partial charge in [0, 0.05) is 17.5 Å². The first-order valence-corrected chi connectivity index (χ1v) is 5.90. The number of hydrogen-bond acceptors (Lipinski definition) is 3. The number of carbonyl (C=O) groups is 1. The van der Waals surface area contributed by atoms with Gasteiger partial charge in [-0.1, -0.05) is 28.1 Å². The summed E-state index contributed by atoms with van der Waals surface area (Å²) in [6.07, 6.45) is 1.11. The van der Waals surface area contributed by atoms with E-state index in [0.717, 1.165) is 10.0 Å². The molecule has 3 nitrogen and oxygen atoms in total. The molecular weight excluding hydrogens is 272 g/mol. The average Bonchev–Trinajstić information content (AvgIpc) is 2.31. The third-order valence-electron chi connectivity index (χ3n) is 2.08. The second kappa shape index (κ2) is 7.41. The Morgan fingerprint density at radius 2 is 2.00 bits per heavy atom. The Kier molecular flexibility index (Phi) is 6.11. The smallest absolute Gasteiger partial charge is 0.305 e. The third-order valence-corrected chi connectivity index (χ3v) is 2.61. The Balaban J connectivity index is 2.11. The predicted molar refractivity (Wildman–Crippen MR) is 65.0 cm³/mol. The molecule has 1 aromatic rings. The molecule has 0 saturated carbocycles. The zero-order chi connectivity index (χ0) is 11.8. The molecule has 0 saturated heterocycles. The maximum atomic E-state index is 10.8. The van der Waals surface area contributed by atoms with Crippen LogP contribution in [0.5, 0.6) is 0 Å². The molecule has 0 heterocycles. The van der Waals surface area contributed by atoms with Gasteiger partial charge in [-0.05, 0) is 24.1 Å². The second-order valence-corrected chi connectivity index (χ2v) is 4.27. The zero-order valence-electron chi connectivity index (χ0n) is 9.24. The van der Waals surface area contributed by atoms with Gasteiger partial charge in [0.15, 0.2) is 0 Å². The number of esters is 1. The molecule has 0 aliphatic carbocycles. The number of benzene rings is 1. The van der Waals surface area contributed by atoms with Gasteiger partial charge >= 0.3 is 5.97 Å². The van der Waals surface area contributed by atoms with Crippen LogP contribution in [0.1, 0.15) is 18.4 Å². The molecule has 0 bridgehead atoms. The van der Waals surface area contributed by atoms with Gasteiger partial charge < -0.3 is 9.47 Å². The maximum Gasteiger partial charge on any atom is 0.305 e. The van der Waals surface area contributed by atoms with Crippen LogP contribution in [0.2, 0.25) is 0 Å². The van der Waals surface area contributed by atoms with Crippen LogP contribution >= 0.6 is 15.9 Å². The predicted octanol–water partition coefficient (Wildman–Crippen LogP) is 2.92. The van der Waals surface area contributed by atoms with E-state index in [1.165, 1.54) is 7.11 Å². The average molecular weight is 287 g/mol. The molecule has 0 unspecified atom stereocenters. The standard InChI is InChI=1S/C12H15BrO3/c1-15-12(14)3-2-8-16-9-10-4-6-11(13)7-5-10/h4-7H,2-3,8-9H2,1H3. The van der Waals surface area contributed by atoms with Crippen LogP contribution in [0, 0.1) is 0 Å². The van der Waals surface area contributed by atoms with Gasteiger partial charge in [0.25, 0.3) is 0 Å². The lowest BCUT2D eigenvalue weighted by molar-refractivity contribution is -0.141. The number of carbonyl (C=O) groups excluding carboxylic acids is 1. The van der Waals surface area contributed by atoms with Gasteiger partial charge in [-0.25, -0.2) is 0 Å². The summed E-state index contributed by atoms with van der Waals surface area (Å²) < 4.78 is 11.0. The minimum absolute atomic E-state index is 0.188. The summed E-state index contributed by atoms with van der Waals surface area (Å²) in [5, 5.41) is 0. The van der Waals surface area contributed by atoms with E-state index >= 15 is 0 Å². The molecular formula is C12H15BrO3. The number of halogens is 1. The molecule has 0 N–H and O–H groups in total. The Bertz CT molecular complexity index is 322. The molecule has 0 radical (unpaired) electrons. The Hall–Kier alpha value is -0.870. The molecule has 0 aromatic heterocycles. The summed E-state index contributed by atoms with van der Waals surface area (Å²) in [5.74, 6) is -0.188. The van der Waals surface area contributed by atoms with E-state index < -0.39 is 0 Å². The molecule has 4 heteroatoms. The van der Waals surface area contributed by atoms with E-state index in [4.69, 9.17) is 4.74 Å². The quantitative estimate of drug-likeness (QED) is 0.596. The minimum Gasteiger partial charge on any atom is -0.469 e. The lowest BCUT2D eigenvalue weighted by atomic mass is 10.2. The van der Waals surface area contributed by atoms with Crippen LogP contribution in [-0.2, 0) is 20.9 Å². The van der Waals surface area contributed by atoms with Gasteiger partial charge in [0.2, 0.25) is 0 Å². The third kappa shape index (κ3) is 5.28. The zero-order valence-corrected chi connectivity index (χ0v) is 10.8. The lowest BCUT2D eigenvalue weighted by Crippen LogP contribution is -2.03. The highest BCUT2D eigenvalue weighted by Crippen LogP contribution is 2.11. The highest BCUT2D eigenvalue weighted by molar-refractivity contribution is 9.10. The van der Waals surface area contributed by atoms with Crippen molar-refractivity contribution in [1.82, 2.24) is 0 Å². The highest BCUT2D eigenvalue weighted by Gasteiger charge is 1.99. The fraction of sp³-hybridized carbons (Fsp3) is 0.417. The molecule has 0 fully saturated rings. The van der Waals surface area contributed by atoms with E-state index in [0.29, 0.717) is 26.1 Å². The molecule has 0 atom stereocenters. The van der Waals surface area contributed by atoms with Crippen molar-refractivity contribution in [1.29, 1.82) is 0 Å². The second-order valence-electron chi connectivity index (χ2n) is 3.36. The highest BCUT2D eigenvalue weighted by atomic mass is 79.9. The van der Waals surface area contributed by atoms with Crippen molar-refractivity contribution in [3.05, 3.63) is 34.3 Å². The van der Waals surface area contributed by atoms with Crippen LogP contribution < -0.4 is 0 Å². The fourth-order valence-electron chi connectivity index (χ4n) is 1.19. The molecule has 1 rings (SSSR count). The first-order valence-electron chi connectivity index (χ1n) is 5.11. The Morgan fingerprint density at radius 3 is 2.62 bits per heavy atom. The lowest BCUT2D eigenvalue weighted by Gasteiger charge is -2.04. The van der Waals surface area contributed by atoms with Gasteiger partial charge in [0.1, 0.15) is 0 Å². The summed E-state index contributed by atoms with van der Waals surface area (Å²) in [6.45, 7) is 1.15. The van der Waals surface area contributed by atoms with E-state index in [2.05, 4.69) is 20.7 Å². The van der Waals surface area contributed by atoms with Crippen LogP contribution in [-0.4, -0.2) is 19.7 Å². The largest absolute Gasteiger partial charge is 0.469 e. The molecule has 1 aromatic carbocycles. The fourth-order valence-corrected chi connectivity index (χ4v) is 1.46. The van der Waals surface area contributed by atoms with E-state index in [-0.39, 0.29) is 5.97 Å². The van der Waals surface area contributed by atoms with Crippen LogP contribution in [0.4, 0.5) is 0 Å². The van der Waals surface area contributed by atoms with Crippen LogP contribution in [0.25, 0.3) is 0 Å². The minimum atomic E-state index is -0.188. The summed E-state index contributed by atoms with van der Waals surface area (Å²) >= 11 is 3.37. The molecule has 0 amide bonds. The normalized spacial score (nSPS) is 10.1. The number of rotatable bonds is 6. The molecule has 0 aliphatic heterocycles. The molecule has 0 aliphatic rings. The number of hydrogen-bond donors (Lipinski definition) is 0. The molecule has 16 heavy (non-hydrogen) atoms. The topological polar surface area (TPSA) is 35.5 Å². The number of ether oxygens (including phenoxy) is 2. The summed E-state index contributed by atoms with van der Waals surface area (Å²) in [6, 6.07) is 7.97.